The van der Waals surface area contributed by atoms with Gasteiger partial charge in [0.15, 0.2) is 0 Å². The van der Waals surface area contributed by atoms with Crippen molar-refractivity contribution in [1.29, 1.82) is 0 Å². The standard InChI is InChI=1S/C26H26N6O.ClH/c1-16-6-9-22-18(14-28-32(22)15-16)17-7-8-21(25-19(17)13-27-26(25)33)30-24-11-10-23-20(29-24)5-3-4-12-31(23)2;/h6-11,14-15H,3-5,12-13H2,1-2H3,(H,27,33)(H,29,30);1H. The molecule has 0 bridgehead atoms. The Hall–Kier alpha value is -3.58. The highest BCUT2D eigenvalue weighted by molar-refractivity contribution is 6.06. The Morgan fingerprint density at radius 2 is 1.94 bits per heavy atom. The third-order valence-electron chi connectivity index (χ3n) is 6.70. The number of amides is 1. The number of anilines is 3. The van der Waals surface area contributed by atoms with Crippen LogP contribution in [0.25, 0.3) is 16.6 Å². The molecule has 0 fully saturated rings. The van der Waals surface area contributed by atoms with Crippen molar-refractivity contribution >= 4 is 41.0 Å². The number of carbonyl (C=O) groups excluding carboxylic acids is 1. The summed E-state index contributed by atoms with van der Waals surface area (Å²) in [6, 6.07) is 12.4. The van der Waals surface area contributed by atoms with Gasteiger partial charge in [-0.15, -0.1) is 12.4 Å². The van der Waals surface area contributed by atoms with E-state index in [2.05, 4.69) is 58.9 Å². The van der Waals surface area contributed by atoms with Crippen LogP contribution in [0.2, 0.25) is 0 Å². The van der Waals surface area contributed by atoms with E-state index in [1.165, 1.54) is 12.1 Å². The number of rotatable bonds is 3. The normalized spacial score (nSPS) is 14.8. The van der Waals surface area contributed by atoms with E-state index in [4.69, 9.17) is 4.98 Å². The second kappa shape index (κ2) is 8.65. The van der Waals surface area contributed by atoms with Gasteiger partial charge in [-0.3, -0.25) is 4.79 Å². The van der Waals surface area contributed by atoms with E-state index in [0.717, 1.165) is 64.4 Å². The molecule has 0 saturated heterocycles. The van der Waals surface area contributed by atoms with Crippen molar-refractivity contribution < 1.29 is 4.79 Å². The van der Waals surface area contributed by atoms with E-state index in [0.29, 0.717) is 12.1 Å². The Labute approximate surface area is 204 Å². The van der Waals surface area contributed by atoms with E-state index in [-0.39, 0.29) is 18.3 Å². The van der Waals surface area contributed by atoms with Crippen molar-refractivity contribution in [2.75, 3.05) is 23.8 Å². The molecule has 2 N–H and O–H groups in total. The highest BCUT2D eigenvalue weighted by atomic mass is 35.5. The smallest absolute Gasteiger partial charge is 0.254 e. The van der Waals surface area contributed by atoms with Gasteiger partial charge in [-0.2, -0.15) is 5.10 Å². The van der Waals surface area contributed by atoms with Gasteiger partial charge in [0.05, 0.1) is 34.3 Å². The third-order valence-corrected chi connectivity index (χ3v) is 6.70. The fraction of sp³-hybridized carbons (Fsp3) is 0.269. The lowest BCUT2D eigenvalue weighted by molar-refractivity contribution is 0.0966. The maximum atomic E-state index is 12.8. The maximum Gasteiger partial charge on any atom is 0.254 e. The van der Waals surface area contributed by atoms with Gasteiger partial charge in [0, 0.05) is 31.9 Å². The Morgan fingerprint density at radius 3 is 2.82 bits per heavy atom. The minimum atomic E-state index is -0.0591. The number of hydrogen-bond acceptors (Lipinski definition) is 5. The fourth-order valence-electron chi connectivity index (χ4n) is 4.99. The molecule has 6 rings (SSSR count). The first kappa shape index (κ1) is 22.2. The predicted molar refractivity (Wildman–Crippen MR) is 138 cm³/mol. The first-order valence-electron chi connectivity index (χ1n) is 11.4. The molecule has 174 valence electrons. The average Bonchev–Trinajstić information content (AvgIpc) is 3.35. The summed E-state index contributed by atoms with van der Waals surface area (Å²) in [5.74, 6) is 0.710. The molecule has 5 heterocycles. The molecule has 7 nitrogen and oxygen atoms in total. The van der Waals surface area contributed by atoms with Crippen LogP contribution >= 0.6 is 12.4 Å². The molecule has 0 spiro atoms. The van der Waals surface area contributed by atoms with E-state index >= 15 is 0 Å². The molecule has 0 unspecified atom stereocenters. The summed E-state index contributed by atoms with van der Waals surface area (Å²) in [4.78, 5) is 20.0. The number of nitrogens with one attached hydrogen (secondary N) is 2. The van der Waals surface area contributed by atoms with E-state index in [1.54, 1.807) is 0 Å². The van der Waals surface area contributed by atoms with Gasteiger partial charge in [-0.05, 0) is 67.1 Å². The Morgan fingerprint density at radius 1 is 1.06 bits per heavy atom. The SMILES string of the molecule is Cc1ccc2c(-c3ccc(Nc4ccc5c(n4)CCCCN5C)c4c3CNC4=O)cnn2c1.Cl. The first-order valence-corrected chi connectivity index (χ1v) is 11.4. The largest absolute Gasteiger partial charge is 0.373 e. The molecule has 0 atom stereocenters. The molecule has 0 radical (unpaired) electrons. The molecular weight excluding hydrogens is 448 g/mol. The van der Waals surface area contributed by atoms with Crippen LogP contribution in [0.1, 0.15) is 40.0 Å². The summed E-state index contributed by atoms with van der Waals surface area (Å²) in [5, 5.41) is 11.0. The molecule has 8 heteroatoms. The lowest BCUT2D eigenvalue weighted by Crippen LogP contribution is -2.18. The van der Waals surface area contributed by atoms with E-state index in [1.807, 2.05) is 29.0 Å². The highest BCUT2D eigenvalue weighted by Crippen LogP contribution is 2.37. The summed E-state index contributed by atoms with van der Waals surface area (Å²) in [6.07, 6.45) is 7.18. The molecule has 2 aliphatic rings. The monoisotopic (exact) mass is 474 g/mol. The van der Waals surface area contributed by atoms with Crippen molar-refractivity contribution in [3.05, 3.63) is 71.2 Å². The van der Waals surface area contributed by atoms with Gasteiger partial charge in [-0.1, -0.05) is 12.1 Å². The molecule has 1 aromatic carbocycles. The van der Waals surface area contributed by atoms with Gasteiger partial charge in [-0.25, -0.2) is 9.50 Å². The van der Waals surface area contributed by atoms with Crippen LogP contribution in [0.15, 0.2) is 48.8 Å². The number of aromatic nitrogens is 3. The molecule has 4 aromatic rings. The van der Waals surface area contributed by atoms with Crippen molar-refractivity contribution in [2.45, 2.75) is 32.7 Å². The summed E-state index contributed by atoms with van der Waals surface area (Å²) in [5.41, 5.74) is 9.01. The summed E-state index contributed by atoms with van der Waals surface area (Å²) in [7, 11) is 2.12. The second-order valence-electron chi connectivity index (χ2n) is 8.96. The minimum Gasteiger partial charge on any atom is -0.373 e. The molecule has 1 amide bonds. The molecule has 0 aliphatic carbocycles. The predicted octanol–water partition coefficient (Wildman–Crippen LogP) is 4.89. The summed E-state index contributed by atoms with van der Waals surface area (Å²) >= 11 is 0. The molecule has 2 aliphatic heterocycles. The Balaban J connectivity index is 0.00000241. The number of pyridine rings is 2. The van der Waals surface area contributed by atoms with Crippen LogP contribution in [-0.2, 0) is 13.0 Å². The second-order valence-corrected chi connectivity index (χ2v) is 8.96. The highest BCUT2D eigenvalue weighted by Gasteiger charge is 2.27. The number of fused-ring (bicyclic) bond motifs is 3. The van der Waals surface area contributed by atoms with Gasteiger partial charge < -0.3 is 15.5 Å². The summed E-state index contributed by atoms with van der Waals surface area (Å²) in [6.45, 7) is 3.61. The zero-order valence-corrected chi connectivity index (χ0v) is 20.1. The lowest BCUT2D eigenvalue weighted by Gasteiger charge is -2.19. The number of benzene rings is 1. The number of aryl methyl sites for hydroxylation is 2. The minimum absolute atomic E-state index is 0. The van der Waals surface area contributed by atoms with Crippen molar-refractivity contribution in [2.24, 2.45) is 0 Å². The van der Waals surface area contributed by atoms with Crippen molar-refractivity contribution in [1.82, 2.24) is 19.9 Å². The number of hydrogen-bond donors (Lipinski definition) is 2. The van der Waals surface area contributed by atoms with Crippen LogP contribution in [0.4, 0.5) is 17.2 Å². The quantitative estimate of drug-likeness (QED) is 0.442. The van der Waals surface area contributed by atoms with Gasteiger partial charge in [0.1, 0.15) is 5.82 Å². The van der Waals surface area contributed by atoms with Gasteiger partial charge in [0.2, 0.25) is 0 Å². The number of carbonyl (C=O) groups is 1. The van der Waals surface area contributed by atoms with E-state index < -0.39 is 0 Å². The van der Waals surface area contributed by atoms with Crippen LogP contribution in [0, 0.1) is 6.92 Å². The van der Waals surface area contributed by atoms with Gasteiger partial charge in [0.25, 0.3) is 5.91 Å². The van der Waals surface area contributed by atoms with E-state index in [9.17, 15) is 4.79 Å². The number of halogens is 1. The van der Waals surface area contributed by atoms with Crippen molar-refractivity contribution in [3.8, 4) is 11.1 Å². The van der Waals surface area contributed by atoms with Crippen LogP contribution in [0.3, 0.4) is 0 Å². The zero-order chi connectivity index (χ0) is 22.5. The maximum absolute atomic E-state index is 12.8. The topological polar surface area (TPSA) is 74.6 Å². The first-order chi connectivity index (χ1) is 16.1. The van der Waals surface area contributed by atoms with Gasteiger partial charge >= 0.3 is 0 Å². The molecule has 34 heavy (non-hydrogen) atoms. The molecular formula is C26H27ClN6O. The van der Waals surface area contributed by atoms with Crippen LogP contribution in [0.5, 0.6) is 0 Å². The third kappa shape index (κ3) is 3.66. The Bertz CT molecular complexity index is 1410. The zero-order valence-electron chi connectivity index (χ0n) is 19.3. The average molecular weight is 475 g/mol. The fourth-order valence-corrected chi connectivity index (χ4v) is 4.99. The summed E-state index contributed by atoms with van der Waals surface area (Å²) < 4.78 is 1.89. The Kier molecular flexibility index (Phi) is 5.65. The van der Waals surface area contributed by atoms with Crippen LogP contribution in [-0.4, -0.2) is 34.1 Å². The lowest BCUT2D eigenvalue weighted by atomic mass is 9.96. The van der Waals surface area contributed by atoms with Crippen molar-refractivity contribution in [3.63, 3.8) is 0 Å². The molecule has 0 saturated carbocycles. The number of nitrogens with zero attached hydrogens (tertiary/aromatic N) is 4. The molecule has 3 aromatic heterocycles. The van der Waals surface area contributed by atoms with Crippen LogP contribution < -0.4 is 15.5 Å².